The highest BCUT2D eigenvalue weighted by atomic mass is 19.4. The number of carbonyl (C=O) groups excluding carboxylic acids is 1. The van der Waals surface area contributed by atoms with Crippen molar-refractivity contribution in [3.63, 3.8) is 0 Å². The smallest absolute Gasteiger partial charge is 0.417 e. The van der Waals surface area contributed by atoms with Crippen LogP contribution < -0.4 is 10.9 Å². The average molecular weight is 789 g/mol. The summed E-state index contributed by atoms with van der Waals surface area (Å²) in [6.45, 7) is 3.28. The normalized spacial score (nSPS) is 17.2. The number of anilines is 1. The number of likely N-dealkylation sites (N-methyl/N-ethyl adjacent to an activating group) is 1. The molecule has 1 aromatic carbocycles. The zero-order chi connectivity index (χ0) is 41.5. The summed E-state index contributed by atoms with van der Waals surface area (Å²) < 4.78 is 38.2. The monoisotopic (exact) mass is 788 g/mol. The Balaban J connectivity index is 0.000000480. The van der Waals surface area contributed by atoms with Gasteiger partial charge in [0.05, 0.1) is 43.8 Å². The predicted octanol–water partition coefficient (Wildman–Crippen LogP) is 1.31. The van der Waals surface area contributed by atoms with Crippen LogP contribution in [0, 0.1) is 5.92 Å². The van der Waals surface area contributed by atoms with Crippen molar-refractivity contribution in [2.45, 2.75) is 51.4 Å². The van der Waals surface area contributed by atoms with Gasteiger partial charge >= 0.3 is 36.0 Å². The highest BCUT2D eigenvalue weighted by molar-refractivity contribution is 5.87. The molecule has 1 heterocycles. The number of carboxylic acids is 5. The Morgan fingerprint density at radius 1 is 0.782 bits per heavy atom. The molecule has 0 spiro atoms. The van der Waals surface area contributed by atoms with E-state index in [9.17, 15) is 51.8 Å². The Kier molecular flexibility index (Phi) is 18.2. The number of carbonyl (C=O) groups is 6. The van der Waals surface area contributed by atoms with Crippen LogP contribution in [0.3, 0.4) is 0 Å². The summed E-state index contributed by atoms with van der Waals surface area (Å²) in [5, 5.41) is 48.2. The number of pyridine rings is 1. The Labute approximate surface area is 313 Å². The highest BCUT2D eigenvalue weighted by Gasteiger charge is 2.37. The third-order valence-corrected chi connectivity index (χ3v) is 8.94. The molecule has 1 fully saturated rings. The first kappa shape index (κ1) is 46.0. The van der Waals surface area contributed by atoms with Gasteiger partial charge in [0.1, 0.15) is 0 Å². The summed E-state index contributed by atoms with van der Waals surface area (Å²) in [7, 11) is 0. The SMILES string of the molecule is CCN(CCN(CC(=O)O)CC(=O)O)[C@H]1CCC(C)CC1N(CCN(CC(=O)O)CC(=O)O)CC(=O)O.O=CNc1ccc2c(C(F)(F)F)cc(=O)[nH]c2c1. The van der Waals surface area contributed by atoms with Crippen molar-refractivity contribution in [2.75, 3.05) is 70.8 Å². The molecule has 0 bridgehead atoms. The average Bonchev–Trinajstić information content (AvgIpc) is 3.05. The number of alkyl halides is 3. The maximum atomic E-state index is 12.7. The number of benzene rings is 1. The first-order valence-electron chi connectivity index (χ1n) is 17.2. The number of aliphatic carboxylic acids is 5. The van der Waals surface area contributed by atoms with Gasteiger partial charge in [-0.3, -0.25) is 53.2 Å². The van der Waals surface area contributed by atoms with Crippen molar-refractivity contribution in [3.8, 4) is 0 Å². The maximum Gasteiger partial charge on any atom is 0.417 e. The number of nitrogens with zero attached hydrogens (tertiary/aromatic N) is 4. The van der Waals surface area contributed by atoms with Crippen LogP contribution in [0.25, 0.3) is 10.9 Å². The van der Waals surface area contributed by atoms with E-state index in [4.69, 9.17) is 20.4 Å². The fraction of sp³-hybridized carbons (Fsp3) is 0.559. The van der Waals surface area contributed by atoms with E-state index in [1.54, 1.807) is 4.90 Å². The second-order valence-electron chi connectivity index (χ2n) is 13.1. The molecule has 7 N–H and O–H groups in total. The fourth-order valence-corrected chi connectivity index (χ4v) is 6.63. The number of aromatic nitrogens is 1. The lowest BCUT2D eigenvalue weighted by Crippen LogP contribution is -2.58. The molecule has 1 saturated carbocycles. The predicted molar refractivity (Wildman–Crippen MR) is 190 cm³/mol. The minimum Gasteiger partial charge on any atom is -0.480 e. The lowest BCUT2D eigenvalue weighted by Gasteiger charge is -2.46. The van der Waals surface area contributed by atoms with Gasteiger partial charge in [-0.2, -0.15) is 13.2 Å². The van der Waals surface area contributed by atoms with Crippen LogP contribution >= 0.6 is 0 Å². The quantitative estimate of drug-likeness (QED) is 0.0880. The number of H-pyrrole nitrogens is 1. The molecule has 2 unspecified atom stereocenters. The summed E-state index contributed by atoms with van der Waals surface area (Å²) >= 11 is 0. The first-order valence-corrected chi connectivity index (χ1v) is 17.2. The van der Waals surface area contributed by atoms with Crippen molar-refractivity contribution in [3.05, 3.63) is 40.2 Å². The topological polar surface area (TPSA) is 261 Å². The molecular weight excluding hydrogens is 741 g/mol. The molecule has 3 rings (SSSR count). The Bertz CT molecular complexity index is 1680. The summed E-state index contributed by atoms with van der Waals surface area (Å²) in [6, 6.07) is 3.98. The molecule has 2 aromatic rings. The molecule has 21 heteroatoms. The molecule has 55 heavy (non-hydrogen) atoms. The Morgan fingerprint density at radius 2 is 1.29 bits per heavy atom. The third kappa shape index (κ3) is 16.0. The van der Waals surface area contributed by atoms with Gasteiger partial charge in [-0.15, -0.1) is 0 Å². The molecule has 0 radical (unpaired) electrons. The van der Waals surface area contributed by atoms with Crippen LogP contribution in [-0.4, -0.2) is 164 Å². The van der Waals surface area contributed by atoms with Crippen molar-refractivity contribution in [1.82, 2.24) is 24.6 Å². The molecule has 1 amide bonds. The zero-order valence-corrected chi connectivity index (χ0v) is 30.3. The number of nitrogens with one attached hydrogen (secondary N) is 2. The number of amides is 1. The lowest BCUT2D eigenvalue weighted by atomic mass is 9.81. The molecule has 18 nitrogen and oxygen atoms in total. The minimum absolute atomic E-state index is 0.0154. The van der Waals surface area contributed by atoms with Gasteiger partial charge in [0.25, 0.3) is 0 Å². The second kappa shape index (κ2) is 21.7. The lowest BCUT2D eigenvalue weighted by molar-refractivity contribution is -0.144. The van der Waals surface area contributed by atoms with E-state index in [1.165, 1.54) is 28.0 Å². The molecule has 1 aromatic heterocycles. The van der Waals surface area contributed by atoms with Crippen LogP contribution in [-0.2, 0) is 34.9 Å². The number of rotatable bonds is 21. The van der Waals surface area contributed by atoms with Crippen LogP contribution in [0.4, 0.5) is 18.9 Å². The van der Waals surface area contributed by atoms with Crippen LogP contribution in [0.15, 0.2) is 29.1 Å². The molecule has 0 saturated heterocycles. The Morgan fingerprint density at radius 3 is 1.75 bits per heavy atom. The summed E-state index contributed by atoms with van der Waals surface area (Å²) in [5.41, 5.74) is -1.54. The van der Waals surface area contributed by atoms with Gasteiger partial charge in [-0.1, -0.05) is 19.9 Å². The minimum atomic E-state index is -4.61. The van der Waals surface area contributed by atoms with Crippen molar-refractivity contribution >= 4 is 52.8 Å². The molecule has 1 aliphatic carbocycles. The Hall–Kier alpha value is -5.12. The molecular formula is C34H47F3N6O12. The van der Waals surface area contributed by atoms with Crippen LogP contribution in [0.5, 0.6) is 0 Å². The molecule has 306 valence electrons. The van der Waals surface area contributed by atoms with Gasteiger partial charge in [-0.05, 0) is 43.9 Å². The third-order valence-electron chi connectivity index (χ3n) is 8.94. The summed E-state index contributed by atoms with van der Waals surface area (Å²) in [6.07, 6.45) is -1.88. The number of fused-ring (bicyclic) bond motifs is 1. The van der Waals surface area contributed by atoms with E-state index in [-0.39, 0.29) is 49.2 Å². The van der Waals surface area contributed by atoms with Crippen LogP contribution in [0.2, 0.25) is 0 Å². The molecule has 1 aliphatic rings. The number of halogens is 3. The zero-order valence-electron chi connectivity index (χ0n) is 30.3. The largest absolute Gasteiger partial charge is 0.480 e. The number of hydrogen-bond acceptors (Lipinski definition) is 11. The van der Waals surface area contributed by atoms with Gasteiger partial charge in [0.15, 0.2) is 0 Å². The number of hydrogen-bond donors (Lipinski definition) is 7. The second-order valence-corrected chi connectivity index (χ2v) is 13.1. The van der Waals surface area contributed by atoms with Gasteiger partial charge in [0, 0.05) is 55.4 Å². The van der Waals surface area contributed by atoms with E-state index in [1.807, 2.05) is 6.92 Å². The van der Waals surface area contributed by atoms with E-state index in [0.29, 0.717) is 43.6 Å². The number of carboxylic acid groups (broad SMARTS) is 5. The van der Waals surface area contributed by atoms with E-state index < -0.39 is 73.3 Å². The highest BCUT2D eigenvalue weighted by Crippen LogP contribution is 2.34. The number of aromatic amines is 1. The van der Waals surface area contributed by atoms with Gasteiger partial charge < -0.3 is 35.8 Å². The standard InChI is InChI=1S/C23H40N4O10.C11H7F3N2O2/c1-3-26(8-6-24(11-19(28)29)12-20(30)31)17-5-4-16(2)10-18(17)27(15-23(36)37)9-7-25(13-21(32)33)14-22(34)35;12-11(13,14)8-4-10(18)16-9-3-6(15-5-17)1-2-7(8)9/h16-18H,3-15H2,1-2H3,(H,28,29)(H,30,31)(H,32,33)(H,34,35)(H,36,37);1-5H,(H,15,17)(H,16,18)/t16?,17-,18?;/m0./s1. The van der Waals surface area contributed by atoms with Crippen molar-refractivity contribution < 1.29 is 67.5 Å². The first-order chi connectivity index (χ1) is 25.7. The summed E-state index contributed by atoms with van der Waals surface area (Å²) in [4.78, 5) is 86.5. The molecule has 0 aliphatic heterocycles. The van der Waals surface area contributed by atoms with Crippen LogP contribution in [0.1, 0.15) is 38.7 Å². The van der Waals surface area contributed by atoms with E-state index in [0.717, 1.165) is 12.8 Å². The summed E-state index contributed by atoms with van der Waals surface area (Å²) in [5.74, 6) is -5.38. The van der Waals surface area contributed by atoms with Gasteiger partial charge in [0.2, 0.25) is 12.0 Å². The van der Waals surface area contributed by atoms with Crippen molar-refractivity contribution in [1.29, 1.82) is 0 Å². The fourth-order valence-electron chi connectivity index (χ4n) is 6.63. The maximum absolute atomic E-state index is 12.7. The van der Waals surface area contributed by atoms with Crippen molar-refractivity contribution in [2.24, 2.45) is 5.92 Å². The molecule has 3 atom stereocenters. The van der Waals surface area contributed by atoms with E-state index in [2.05, 4.69) is 22.1 Å². The van der Waals surface area contributed by atoms with E-state index >= 15 is 0 Å². The van der Waals surface area contributed by atoms with Gasteiger partial charge in [-0.25, -0.2) is 0 Å².